The molecule has 1 amide bonds. The molecule has 0 fully saturated rings. The number of amides is 1. The topological polar surface area (TPSA) is 87.8 Å². The number of nitrogens with two attached hydrogens (primary N) is 1. The number of benzene rings is 3. The van der Waals surface area contributed by atoms with Gasteiger partial charge in [0, 0.05) is 23.1 Å². The molecular formula is C25H21F2NO5. The third-order valence-corrected chi connectivity index (χ3v) is 5.49. The van der Waals surface area contributed by atoms with Crippen LogP contribution in [0.3, 0.4) is 0 Å². The van der Waals surface area contributed by atoms with Gasteiger partial charge in [-0.3, -0.25) is 9.59 Å². The second kappa shape index (κ2) is 9.28. The molecule has 170 valence electrons. The second-order valence-corrected chi connectivity index (χ2v) is 7.46. The zero-order valence-electron chi connectivity index (χ0n) is 17.8. The number of ketones is 1. The van der Waals surface area contributed by atoms with Crippen LogP contribution in [0.5, 0.6) is 17.2 Å². The van der Waals surface area contributed by atoms with E-state index in [4.69, 9.17) is 15.2 Å². The third-order valence-electron chi connectivity index (χ3n) is 5.49. The van der Waals surface area contributed by atoms with E-state index in [2.05, 4.69) is 4.74 Å². The van der Waals surface area contributed by atoms with Gasteiger partial charge in [-0.15, -0.1) is 0 Å². The first-order chi connectivity index (χ1) is 15.9. The molecule has 0 atom stereocenters. The highest BCUT2D eigenvalue weighted by molar-refractivity contribution is 6.02. The van der Waals surface area contributed by atoms with Crippen LogP contribution in [0.2, 0.25) is 0 Å². The van der Waals surface area contributed by atoms with Crippen molar-refractivity contribution in [3.63, 3.8) is 0 Å². The SMILES string of the molecule is COc1c(OC(F)F)ccc(-c2cccc3c2CCC3=O)c1OCc1ccc(C(N)=O)cc1. The van der Waals surface area contributed by atoms with Crippen LogP contribution in [0.4, 0.5) is 8.78 Å². The summed E-state index contributed by atoms with van der Waals surface area (Å²) in [6.07, 6.45) is 0.994. The molecule has 0 aromatic heterocycles. The average molecular weight is 453 g/mol. The number of methoxy groups -OCH3 is 1. The number of ether oxygens (including phenoxy) is 3. The molecule has 0 bridgehead atoms. The van der Waals surface area contributed by atoms with E-state index in [1.807, 2.05) is 6.07 Å². The molecule has 4 rings (SSSR count). The predicted molar refractivity (Wildman–Crippen MR) is 117 cm³/mol. The Bertz CT molecular complexity index is 1210. The number of hydrogen-bond acceptors (Lipinski definition) is 5. The lowest BCUT2D eigenvalue weighted by molar-refractivity contribution is -0.0513. The molecule has 0 heterocycles. The lowest BCUT2D eigenvalue weighted by atomic mass is 9.95. The van der Waals surface area contributed by atoms with Crippen LogP contribution in [-0.4, -0.2) is 25.4 Å². The summed E-state index contributed by atoms with van der Waals surface area (Å²) < 4.78 is 42.0. The maximum atomic E-state index is 13.0. The molecule has 2 N–H and O–H groups in total. The van der Waals surface area contributed by atoms with Gasteiger partial charge in [0.2, 0.25) is 11.7 Å². The Kier molecular flexibility index (Phi) is 6.26. The summed E-state index contributed by atoms with van der Waals surface area (Å²) in [6, 6.07) is 14.9. The number of rotatable bonds is 8. The standard InChI is InChI=1S/C25H21F2NO5/c1-31-23-21(33-25(26)27)12-10-19(16-3-2-4-18-17(16)9-11-20(18)29)22(23)32-13-14-5-7-15(8-6-14)24(28)30/h2-8,10,12,25H,9,11,13H2,1H3,(H2,28,30). The highest BCUT2D eigenvalue weighted by atomic mass is 19.3. The number of halogens is 2. The molecule has 0 spiro atoms. The maximum absolute atomic E-state index is 13.0. The molecule has 0 saturated carbocycles. The van der Waals surface area contributed by atoms with Crippen molar-refractivity contribution in [3.8, 4) is 28.4 Å². The number of hydrogen-bond donors (Lipinski definition) is 1. The van der Waals surface area contributed by atoms with E-state index in [9.17, 15) is 18.4 Å². The Hall–Kier alpha value is -3.94. The van der Waals surface area contributed by atoms with Crippen molar-refractivity contribution in [3.05, 3.63) is 76.9 Å². The van der Waals surface area contributed by atoms with Crippen LogP contribution in [0.25, 0.3) is 11.1 Å². The third kappa shape index (κ3) is 4.50. The van der Waals surface area contributed by atoms with Crippen molar-refractivity contribution in [2.45, 2.75) is 26.1 Å². The molecule has 0 radical (unpaired) electrons. The van der Waals surface area contributed by atoms with E-state index < -0.39 is 12.5 Å². The number of carbonyl (C=O) groups excluding carboxylic acids is 2. The Morgan fingerprint density at radius 1 is 0.970 bits per heavy atom. The molecule has 6 nitrogen and oxygen atoms in total. The fraction of sp³-hybridized carbons (Fsp3) is 0.200. The minimum atomic E-state index is -3.04. The number of carbonyl (C=O) groups is 2. The minimum absolute atomic E-state index is 0.0171. The molecule has 0 aliphatic heterocycles. The summed E-state index contributed by atoms with van der Waals surface area (Å²) in [5, 5.41) is 0. The smallest absolute Gasteiger partial charge is 0.387 e. The molecular weight excluding hydrogens is 432 g/mol. The lowest BCUT2D eigenvalue weighted by Crippen LogP contribution is -2.10. The summed E-state index contributed by atoms with van der Waals surface area (Å²) in [5.41, 5.74) is 9.23. The van der Waals surface area contributed by atoms with Crippen molar-refractivity contribution < 1.29 is 32.6 Å². The van der Waals surface area contributed by atoms with E-state index in [1.165, 1.54) is 13.2 Å². The molecule has 33 heavy (non-hydrogen) atoms. The molecule has 0 unspecified atom stereocenters. The van der Waals surface area contributed by atoms with E-state index in [1.54, 1.807) is 42.5 Å². The molecule has 3 aromatic rings. The first kappa shape index (κ1) is 22.3. The normalized spacial score (nSPS) is 12.5. The Morgan fingerprint density at radius 3 is 2.36 bits per heavy atom. The Morgan fingerprint density at radius 2 is 1.70 bits per heavy atom. The highest BCUT2D eigenvalue weighted by Gasteiger charge is 2.26. The van der Waals surface area contributed by atoms with Crippen LogP contribution in [0.1, 0.15) is 38.3 Å². The van der Waals surface area contributed by atoms with Gasteiger partial charge in [0.05, 0.1) is 7.11 Å². The van der Waals surface area contributed by atoms with Gasteiger partial charge in [0.25, 0.3) is 0 Å². The number of alkyl halides is 2. The van der Waals surface area contributed by atoms with Crippen LogP contribution < -0.4 is 19.9 Å². The average Bonchev–Trinajstić information content (AvgIpc) is 3.18. The minimum Gasteiger partial charge on any atom is -0.490 e. The fourth-order valence-corrected chi connectivity index (χ4v) is 3.95. The molecule has 8 heteroatoms. The maximum Gasteiger partial charge on any atom is 0.387 e. The first-order valence-corrected chi connectivity index (χ1v) is 10.2. The van der Waals surface area contributed by atoms with Crippen LogP contribution >= 0.6 is 0 Å². The van der Waals surface area contributed by atoms with E-state index in [0.29, 0.717) is 29.5 Å². The van der Waals surface area contributed by atoms with Gasteiger partial charge >= 0.3 is 6.61 Å². The number of Topliss-reactive ketones (excluding diaryl/α,β-unsaturated/α-hetero) is 1. The summed E-state index contributed by atoms with van der Waals surface area (Å²) >= 11 is 0. The van der Waals surface area contributed by atoms with Crippen molar-refractivity contribution >= 4 is 11.7 Å². The number of fused-ring (bicyclic) bond motifs is 1. The van der Waals surface area contributed by atoms with Crippen molar-refractivity contribution in [2.75, 3.05) is 7.11 Å². The molecule has 3 aromatic carbocycles. The van der Waals surface area contributed by atoms with Crippen LogP contribution in [-0.2, 0) is 13.0 Å². The van der Waals surface area contributed by atoms with Gasteiger partial charge in [-0.2, -0.15) is 8.78 Å². The van der Waals surface area contributed by atoms with Crippen molar-refractivity contribution in [1.29, 1.82) is 0 Å². The quantitative estimate of drug-likeness (QED) is 0.531. The summed E-state index contributed by atoms with van der Waals surface area (Å²) in [5.74, 6) is -0.422. The molecule has 1 aliphatic rings. The van der Waals surface area contributed by atoms with Gasteiger partial charge in [0.15, 0.2) is 17.3 Å². The van der Waals surface area contributed by atoms with Gasteiger partial charge in [0.1, 0.15) is 6.61 Å². The van der Waals surface area contributed by atoms with Crippen LogP contribution in [0.15, 0.2) is 54.6 Å². The van der Waals surface area contributed by atoms with Gasteiger partial charge in [-0.25, -0.2) is 0 Å². The van der Waals surface area contributed by atoms with Gasteiger partial charge < -0.3 is 19.9 Å². The fourth-order valence-electron chi connectivity index (χ4n) is 3.95. The van der Waals surface area contributed by atoms with E-state index >= 15 is 0 Å². The number of primary amides is 1. The largest absolute Gasteiger partial charge is 0.490 e. The van der Waals surface area contributed by atoms with Crippen LogP contribution in [0, 0.1) is 0 Å². The van der Waals surface area contributed by atoms with Crippen molar-refractivity contribution in [2.24, 2.45) is 5.73 Å². The first-order valence-electron chi connectivity index (χ1n) is 10.2. The summed E-state index contributed by atoms with van der Waals surface area (Å²) in [4.78, 5) is 23.5. The van der Waals surface area contributed by atoms with Crippen molar-refractivity contribution in [1.82, 2.24) is 0 Å². The lowest BCUT2D eigenvalue weighted by Gasteiger charge is -2.20. The van der Waals surface area contributed by atoms with Gasteiger partial charge in [-0.05, 0) is 47.4 Å². The monoisotopic (exact) mass is 453 g/mol. The second-order valence-electron chi connectivity index (χ2n) is 7.46. The summed E-state index contributed by atoms with van der Waals surface area (Å²) in [6.45, 7) is -2.98. The predicted octanol–water partition coefficient (Wildman–Crippen LogP) is 4.77. The Balaban J connectivity index is 1.77. The Labute approximate surface area is 188 Å². The highest BCUT2D eigenvalue weighted by Crippen LogP contribution is 2.47. The van der Waals surface area contributed by atoms with Gasteiger partial charge in [-0.1, -0.05) is 30.3 Å². The summed E-state index contributed by atoms with van der Waals surface area (Å²) in [7, 11) is 1.34. The zero-order chi connectivity index (χ0) is 23.5. The zero-order valence-corrected chi connectivity index (χ0v) is 17.8. The van der Waals surface area contributed by atoms with E-state index in [0.717, 1.165) is 16.7 Å². The molecule has 0 saturated heterocycles. The van der Waals surface area contributed by atoms with E-state index in [-0.39, 0.29) is 29.6 Å². The molecule has 1 aliphatic carbocycles.